The maximum absolute atomic E-state index is 12.7. The second-order valence-electron chi connectivity index (χ2n) is 5.70. The standard InChI is InChI=1S/C17H22N4O3/c1-4-5-6-11-18-12(2)16-13(3)19-20(17(16)22)14-7-9-15(10-8-14)21(23)24/h7-10,19H,4-6,11H2,1-3H3. The van der Waals surface area contributed by atoms with E-state index in [2.05, 4.69) is 17.0 Å². The van der Waals surface area contributed by atoms with Crippen LogP contribution in [0.15, 0.2) is 34.1 Å². The number of hydrogen-bond acceptors (Lipinski definition) is 4. The Morgan fingerprint density at radius 1 is 1.29 bits per heavy atom. The predicted molar refractivity (Wildman–Crippen MR) is 94.4 cm³/mol. The molecule has 0 saturated heterocycles. The maximum Gasteiger partial charge on any atom is 0.280 e. The van der Waals surface area contributed by atoms with Crippen molar-refractivity contribution in [3.63, 3.8) is 0 Å². The number of hydrogen-bond donors (Lipinski definition) is 1. The van der Waals surface area contributed by atoms with E-state index in [1.807, 2.05) is 13.8 Å². The van der Waals surface area contributed by atoms with E-state index < -0.39 is 4.92 Å². The van der Waals surface area contributed by atoms with Crippen LogP contribution in [0.25, 0.3) is 5.69 Å². The molecule has 24 heavy (non-hydrogen) atoms. The molecule has 7 heteroatoms. The van der Waals surface area contributed by atoms with E-state index in [1.165, 1.54) is 16.8 Å². The summed E-state index contributed by atoms with van der Waals surface area (Å²) in [6, 6.07) is 5.85. The van der Waals surface area contributed by atoms with Crippen LogP contribution in [0, 0.1) is 17.0 Å². The lowest BCUT2D eigenvalue weighted by Crippen LogP contribution is -2.19. The fourth-order valence-electron chi connectivity index (χ4n) is 2.57. The van der Waals surface area contributed by atoms with E-state index in [-0.39, 0.29) is 11.2 Å². The van der Waals surface area contributed by atoms with Crippen molar-refractivity contribution < 1.29 is 4.92 Å². The molecule has 0 bridgehead atoms. The van der Waals surface area contributed by atoms with Gasteiger partial charge < -0.3 is 0 Å². The lowest BCUT2D eigenvalue weighted by molar-refractivity contribution is -0.384. The molecule has 2 rings (SSSR count). The SMILES string of the molecule is CCCCCN=C(C)c1c(C)[nH]n(-c2ccc([N+](=O)[O-])cc2)c1=O. The minimum atomic E-state index is -0.467. The van der Waals surface area contributed by atoms with Crippen LogP contribution >= 0.6 is 0 Å². The summed E-state index contributed by atoms with van der Waals surface area (Å²) in [5.74, 6) is 0. The zero-order valence-electron chi connectivity index (χ0n) is 14.2. The third-order valence-corrected chi connectivity index (χ3v) is 3.86. The number of nitro groups is 1. The molecular weight excluding hydrogens is 308 g/mol. The van der Waals surface area contributed by atoms with Crippen LogP contribution in [0.3, 0.4) is 0 Å². The first-order valence-electron chi connectivity index (χ1n) is 8.03. The van der Waals surface area contributed by atoms with Gasteiger partial charge in [0.2, 0.25) is 0 Å². The van der Waals surface area contributed by atoms with Crippen LogP contribution < -0.4 is 5.56 Å². The molecule has 1 aromatic carbocycles. The Balaban J connectivity index is 2.31. The summed E-state index contributed by atoms with van der Waals surface area (Å²) < 4.78 is 1.39. The number of nitrogens with zero attached hydrogens (tertiary/aromatic N) is 3. The normalized spacial score (nSPS) is 11.7. The summed E-state index contributed by atoms with van der Waals surface area (Å²) in [5.41, 5.74) is 2.35. The minimum Gasteiger partial charge on any atom is -0.295 e. The van der Waals surface area contributed by atoms with Gasteiger partial charge in [-0.05, 0) is 32.4 Å². The molecule has 128 valence electrons. The number of nitro benzene ring substituents is 1. The number of aliphatic imine (C=N–C) groups is 1. The van der Waals surface area contributed by atoms with Crippen molar-refractivity contribution >= 4 is 11.4 Å². The zero-order chi connectivity index (χ0) is 17.7. The van der Waals surface area contributed by atoms with Gasteiger partial charge in [-0.2, -0.15) is 0 Å². The predicted octanol–water partition coefficient (Wildman–Crippen LogP) is 3.38. The maximum atomic E-state index is 12.7. The van der Waals surface area contributed by atoms with Crippen LogP contribution in [-0.2, 0) is 0 Å². The largest absolute Gasteiger partial charge is 0.295 e. The monoisotopic (exact) mass is 330 g/mol. The molecule has 1 N–H and O–H groups in total. The molecule has 0 aliphatic rings. The average Bonchev–Trinajstić information content (AvgIpc) is 2.86. The first kappa shape index (κ1) is 17.7. The van der Waals surface area contributed by atoms with Gasteiger partial charge in [0.15, 0.2) is 0 Å². The summed E-state index contributed by atoms with van der Waals surface area (Å²) in [6.45, 7) is 6.50. The second-order valence-corrected chi connectivity index (χ2v) is 5.70. The van der Waals surface area contributed by atoms with E-state index in [4.69, 9.17) is 0 Å². The summed E-state index contributed by atoms with van der Waals surface area (Å²) >= 11 is 0. The minimum absolute atomic E-state index is 0.0102. The Morgan fingerprint density at radius 3 is 2.54 bits per heavy atom. The third-order valence-electron chi connectivity index (χ3n) is 3.86. The molecule has 0 spiro atoms. The van der Waals surface area contributed by atoms with Crippen molar-refractivity contribution in [3.8, 4) is 5.69 Å². The molecule has 2 aromatic rings. The smallest absolute Gasteiger partial charge is 0.280 e. The van der Waals surface area contributed by atoms with Crippen LogP contribution in [0.2, 0.25) is 0 Å². The van der Waals surface area contributed by atoms with Gasteiger partial charge in [0.1, 0.15) is 0 Å². The highest BCUT2D eigenvalue weighted by Gasteiger charge is 2.15. The number of non-ortho nitro benzene ring substituents is 1. The number of H-pyrrole nitrogens is 1. The number of rotatable bonds is 7. The molecule has 7 nitrogen and oxygen atoms in total. The van der Waals surface area contributed by atoms with Crippen molar-refractivity contribution in [2.45, 2.75) is 40.0 Å². The molecule has 0 unspecified atom stereocenters. The van der Waals surface area contributed by atoms with Gasteiger partial charge in [0, 0.05) is 30.1 Å². The molecule has 1 aromatic heterocycles. The molecule has 0 fully saturated rings. The fraction of sp³-hybridized carbons (Fsp3) is 0.412. The van der Waals surface area contributed by atoms with Gasteiger partial charge in [-0.3, -0.25) is 25.0 Å². The Kier molecular flexibility index (Phi) is 5.68. The van der Waals surface area contributed by atoms with Crippen LogP contribution in [0.1, 0.15) is 44.4 Å². The van der Waals surface area contributed by atoms with E-state index in [1.54, 1.807) is 12.1 Å². The molecule has 0 radical (unpaired) electrons. The topological polar surface area (TPSA) is 93.3 Å². The van der Waals surface area contributed by atoms with Gasteiger partial charge in [-0.1, -0.05) is 19.8 Å². The number of nitrogens with one attached hydrogen (secondary N) is 1. The number of aryl methyl sites for hydroxylation is 1. The highest BCUT2D eigenvalue weighted by atomic mass is 16.6. The van der Waals surface area contributed by atoms with E-state index in [9.17, 15) is 14.9 Å². The first-order valence-corrected chi connectivity index (χ1v) is 8.03. The molecule has 0 aliphatic heterocycles. The van der Waals surface area contributed by atoms with E-state index in [0.29, 0.717) is 23.5 Å². The molecule has 1 heterocycles. The van der Waals surface area contributed by atoms with Gasteiger partial charge in [-0.15, -0.1) is 0 Å². The van der Waals surface area contributed by atoms with E-state index >= 15 is 0 Å². The Hall–Kier alpha value is -2.70. The Morgan fingerprint density at radius 2 is 1.96 bits per heavy atom. The van der Waals surface area contributed by atoms with Crippen LogP contribution in [0.5, 0.6) is 0 Å². The molecule has 0 amide bonds. The second kappa shape index (κ2) is 7.72. The number of benzene rings is 1. The van der Waals surface area contributed by atoms with Crippen molar-refractivity contribution in [3.05, 3.63) is 56.0 Å². The van der Waals surface area contributed by atoms with E-state index in [0.717, 1.165) is 25.0 Å². The van der Waals surface area contributed by atoms with Gasteiger partial charge in [-0.25, -0.2) is 4.68 Å². The van der Waals surface area contributed by atoms with Gasteiger partial charge in [0.05, 0.1) is 16.2 Å². The molecular formula is C17H22N4O3. The van der Waals surface area contributed by atoms with Gasteiger partial charge >= 0.3 is 0 Å². The highest BCUT2D eigenvalue weighted by molar-refractivity contribution is 5.99. The van der Waals surface area contributed by atoms with Crippen molar-refractivity contribution in [2.75, 3.05) is 6.54 Å². The summed E-state index contributed by atoms with van der Waals surface area (Å²) in [7, 11) is 0. The number of aromatic nitrogens is 2. The Labute approximate surface area is 140 Å². The molecule has 0 atom stereocenters. The summed E-state index contributed by atoms with van der Waals surface area (Å²) in [6.07, 6.45) is 3.26. The van der Waals surface area contributed by atoms with Crippen molar-refractivity contribution in [1.29, 1.82) is 0 Å². The average molecular weight is 330 g/mol. The van der Waals surface area contributed by atoms with Crippen LogP contribution in [-0.4, -0.2) is 27.0 Å². The summed E-state index contributed by atoms with van der Waals surface area (Å²) in [4.78, 5) is 27.4. The summed E-state index contributed by atoms with van der Waals surface area (Å²) in [5, 5.41) is 13.7. The van der Waals surface area contributed by atoms with Gasteiger partial charge in [0.25, 0.3) is 11.2 Å². The van der Waals surface area contributed by atoms with Crippen molar-refractivity contribution in [1.82, 2.24) is 9.78 Å². The lowest BCUT2D eigenvalue weighted by atomic mass is 10.1. The van der Waals surface area contributed by atoms with Crippen LogP contribution in [0.4, 0.5) is 5.69 Å². The fourth-order valence-corrected chi connectivity index (χ4v) is 2.57. The first-order chi connectivity index (χ1) is 11.5. The zero-order valence-corrected chi connectivity index (χ0v) is 14.2. The molecule has 0 aliphatic carbocycles. The van der Waals surface area contributed by atoms with Crippen molar-refractivity contribution in [2.24, 2.45) is 4.99 Å². The Bertz CT molecular complexity index is 800. The number of aromatic amines is 1. The lowest BCUT2D eigenvalue weighted by Gasteiger charge is -2.00. The highest BCUT2D eigenvalue weighted by Crippen LogP contribution is 2.14. The third kappa shape index (κ3) is 3.79. The number of unbranched alkanes of at least 4 members (excludes halogenated alkanes) is 2. The molecule has 0 saturated carbocycles. The quantitative estimate of drug-likeness (QED) is 0.365.